The molecule has 0 saturated carbocycles. The molecule has 0 atom stereocenters. The average molecular weight is 342 g/mol. The Hall–Kier alpha value is -0.910. The third-order valence-corrected chi connectivity index (χ3v) is 3.83. The average Bonchev–Trinajstić information content (AvgIpc) is 2.49. The summed E-state index contributed by atoms with van der Waals surface area (Å²) in [5, 5.41) is 0. The molecule has 0 spiro atoms. The highest BCUT2D eigenvalue weighted by molar-refractivity contribution is 9.10. The first-order valence-corrected chi connectivity index (χ1v) is 7.75. The van der Waals surface area contributed by atoms with E-state index in [1.54, 1.807) is 0 Å². The molecule has 0 aromatic heterocycles. The van der Waals surface area contributed by atoms with Crippen LogP contribution in [0.3, 0.4) is 0 Å². The highest BCUT2D eigenvalue weighted by atomic mass is 79.9. The Morgan fingerprint density at radius 1 is 1.40 bits per heavy atom. The van der Waals surface area contributed by atoms with Crippen molar-refractivity contribution in [2.45, 2.75) is 13.3 Å². The zero-order chi connectivity index (χ0) is 14.4. The predicted octanol–water partition coefficient (Wildman–Crippen LogP) is 2.75. The van der Waals surface area contributed by atoms with Gasteiger partial charge in [0.15, 0.2) is 5.78 Å². The van der Waals surface area contributed by atoms with Gasteiger partial charge in [-0.25, -0.2) is 0 Å². The molecular weight excluding hydrogens is 322 g/mol. The summed E-state index contributed by atoms with van der Waals surface area (Å²) in [7, 11) is 0. The van der Waals surface area contributed by atoms with E-state index >= 15 is 0 Å². The predicted molar refractivity (Wildman–Crippen MR) is 81.5 cm³/mol. The van der Waals surface area contributed by atoms with E-state index in [4.69, 9.17) is 9.47 Å². The first kappa shape index (κ1) is 15.5. The van der Waals surface area contributed by atoms with Gasteiger partial charge >= 0.3 is 0 Å². The minimum atomic E-state index is 0.104. The Kier molecular flexibility index (Phi) is 6.01. The van der Waals surface area contributed by atoms with Gasteiger partial charge in [0, 0.05) is 30.5 Å². The molecular formula is C15H20BrNO3. The fourth-order valence-corrected chi connectivity index (χ4v) is 2.51. The van der Waals surface area contributed by atoms with Crippen molar-refractivity contribution in [2.75, 3.05) is 39.5 Å². The van der Waals surface area contributed by atoms with E-state index < -0.39 is 0 Å². The number of hydrogen-bond donors (Lipinski definition) is 0. The van der Waals surface area contributed by atoms with Gasteiger partial charge < -0.3 is 9.47 Å². The van der Waals surface area contributed by atoms with Crippen LogP contribution in [0.5, 0.6) is 5.75 Å². The van der Waals surface area contributed by atoms with E-state index in [1.807, 2.05) is 25.1 Å². The molecule has 0 N–H and O–H groups in total. The zero-order valence-corrected chi connectivity index (χ0v) is 13.3. The second kappa shape index (κ2) is 7.76. The molecule has 1 saturated heterocycles. The van der Waals surface area contributed by atoms with Crippen LogP contribution in [-0.4, -0.2) is 50.1 Å². The Bertz CT molecular complexity index is 458. The molecule has 1 fully saturated rings. The number of nitrogens with zero attached hydrogens (tertiary/aromatic N) is 1. The molecule has 1 aromatic carbocycles. The van der Waals surface area contributed by atoms with E-state index in [0.29, 0.717) is 24.3 Å². The van der Waals surface area contributed by atoms with Gasteiger partial charge in [-0.2, -0.15) is 0 Å². The maximum absolute atomic E-state index is 11.9. The van der Waals surface area contributed by atoms with Gasteiger partial charge in [0.2, 0.25) is 0 Å². The van der Waals surface area contributed by atoms with Crippen molar-refractivity contribution in [3.05, 3.63) is 28.2 Å². The topological polar surface area (TPSA) is 38.8 Å². The summed E-state index contributed by atoms with van der Waals surface area (Å²) in [6, 6.07) is 5.58. The van der Waals surface area contributed by atoms with Crippen molar-refractivity contribution < 1.29 is 14.3 Å². The minimum Gasteiger partial charge on any atom is -0.491 e. The Balaban J connectivity index is 1.92. The molecule has 5 heteroatoms. The minimum absolute atomic E-state index is 0.104. The van der Waals surface area contributed by atoms with Crippen molar-refractivity contribution in [2.24, 2.45) is 0 Å². The lowest BCUT2D eigenvalue weighted by atomic mass is 10.1. The van der Waals surface area contributed by atoms with Crippen LogP contribution in [0, 0.1) is 0 Å². The van der Waals surface area contributed by atoms with Gasteiger partial charge in [-0.3, -0.25) is 9.69 Å². The highest BCUT2D eigenvalue weighted by Gasteiger charge is 2.13. The normalized spacial score (nSPS) is 16.1. The van der Waals surface area contributed by atoms with Crippen molar-refractivity contribution in [3.63, 3.8) is 0 Å². The quantitative estimate of drug-likeness (QED) is 0.746. The molecule has 0 bridgehead atoms. The summed E-state index contributed by atoms with van der Waals surface area (Å²) in [6.07, 6.45) is 0.482. The second-order valence-corrected chi connectivity index (χ2v) is 5.64. The van der Waals surface area contributed by atoms with Gasteiger partial charge in [0.1, 0.15) is 12.4 Å². The summed E-state index contributed by atoms with van der Waals surface area (Å²) < 4.78 is 12.0. The van der Waals surface area contributed by atoms with Gasteiger partial charge in [-0.05, 0) is 18.2 Å². The van der Waals surface area contributed by atoms with Crippen LogP contribution < -0.4 is 4.74 Å². The first-order chi connectivity index (χ1) is 9.70. The van der Waals surface area contributed by atoms with Crippen molar-refractivity contribution in [1.82, 2.24) is 4.90 Å². The number of benzene rings is 1. The fraction of sp³-hybridized carbons (Fsp3) is 0.533. The Labute approximate surface area is 128 Å². The van der Waals surface area contributed by atoms with Crippen LogP contribution in [0.2, 0.25) is 0 Å². The zero-order valence-electron chi connectivity index (χ0n) is 11.7. The monoisotopic (exact) mass is 341 g/mol. The molecule has 1 aliphatic heterocycles. The maximum Gasteiger partial charge on any atom is 0.166 e. The number of carbonyl (C=O) groups is 1. The molecule has 0 aliphatic carbocycles. The Morgan fingerprint density at radius 3 is 2.85 bits per heavy atom. The number of morpholine rings is 1. The molecule has 2 rings (SSSR count). The molecule has 1 aliphatic rings. The summed E-state index contributed by atoms with van der Waals surface area (Å²) in [6.45, 7) is 6.79. The van der Waals surface area contributed by atoms with Crippen LogP contribution in [0.1, 0.15) is 23.7 Å². The van der Waals surface area contributed by atoms with Crippen LogP contribution in [0.25, 0.3) is 0 Å². The number of carbonyl (C=O) groups excluding carboxylic acids is 1. The van der Waals surface area contributed by atoms with Crippen LogP contribution in [-0.2, 0) is 4.74 Å². The van der Waals surface area contributed by atoms with Crippen LogP contribution in [0.4, 0.5) is 0 Å². The molecule has 0 amide bonds. The Morgan fingerprint density at radius 2 is 2.15 bits per heavy atom. The van der Waals surface area contributed by atoms with E-state index in [-0.39, 0.29) is 5.78 Å². The van der Waals surface area contributed by atoms with Crippen molar-refractivity contribution in [1.29, 1.82) is 0 Å². The molecule has 1 heterocycles. The van der Waals surface area contributed by atoms with Gasteiger partial charge in [0.25, 0.3) is 0 Å². The summed E-state index contributed by atoms with van der Waals surface area (Å²) >= 11 is 3.39. The number of ether oxygens (including phenoxy) is 2. The molecule has 20 heavy (non-hydrogen) atoms. The van der Waals surface area contributed by atoms with Gasteiger partial charge in [-0.1, -0.05) is 22.9 Å². The lowest BCUT2D eigenvalue weighted by Gasteiger charge is -2.26. The van der Waals surface area contributed by atoms with E-state index in [9.17, 15) is 4.79 Å². The fourth-order valence-electron chi connectivity index (χ4n) is 2.15. The third-order valence-electron chi connectivity index (χ3n) is 3.33. The SMILES string of the molecule is CCC(=O)c1cc(Br)ccc1OCCN1CCOCC1. The standard InChI is InChI=1S/C15H20BrNO3/c1-2-14(18)13-11-12(16)3-4-15(13)20-10-7-17-5-8-19-9-6-17/h3-4,11H,2,5-10H2,1H3. The highest BCUT2D eigenvalue weighted by Crippen LogP contribution is 2.24. The number of ketones is 1. The number of rotatable bonds is 6. The van der Waals surface area contributed by atoms with Crippen molar-refractivity contribution in [3.8, 4) is 5.75 Å². The maximum atomic E-state index is 11.9. The largest absolute Gasteiger partial charge is 0.491 e. The smallest absolute Gasteiger partial charge is 0.166 e. The van der Waals surface area contributed by atoms with Crippen LogP contribution in [0.15, 0.2) is 22.7 Å². The van der Waals surface area contributed by atoms with E-state index in [0.717, 1.165) is 37.3 Å². The number of Topliss-reactive ketones (excluding diaryl/α,β-unsaturated/α-hetero) is 1. The van der Waals surface area contributed by atoms with Gasteiger partial charge in [0.05, 0.1) is 18.8 Å². The molecule has 0 unspecified atom stereocenters. The second-order valence-electron chi connectivity index (χ2n) is 4.72. The lowest BCUT2D eigenvalue weighted by molar-refractivity contribution is 0.0322. The molecule has 0 radical (unpaired) electrons. The number of halogens is 1. The lowest BCUT2D eigenvalue weighted by Crippen LogP contribution is -2.38. The molecule has 4 nitrogen and oxygen atoms in total. The third kappa shape index (κ3) is 4.30. The molecule has 1 aromatic rings. The van der Waals surface area contributed by atoms with E-state index in [1.165, 1.54) is 0 Å². The van der Waals surface area contributed by atoms with Crippen molar-refractivity contribution >= 4 is 21.7 Å². The van der Waals surface area contributed by atoms with Gasteiger partial charge in [-0.15, -0.1) is 0 Å². The van der Waals surface area contributed by atoms with Crippen LogP contribution >= 0.6 is 15.9 Å². The summed E-state index contributed by atoms with van der Waals surface area (Å²) in [5.74, 6) is 0.779. The summed E-state index contributed by atoms with van der Waals surface area (Å²) in [5.41, 5.74) is 0.656. The first-order valence-electron chi connectivity index (χ1n) is 6.96. The molecule has 110 valence electrons. The number of hydrogen-bond acceptors (Lipinski definition) is 4. The van der Waals surface area contributed by atoms with E-state index in [2.05, 4.69) is 20.8 Å². The summed E-state index contributed by atoms with van der Waals surface area (Å²) in [4.78, 5) is 14.2.